The molecular formula is C11H18N4. The Bertz CT molecular complexity index is 346. The highest BCUT2D eigenvalue weighted by atomic mass is 15.1. The number of nitriles is 1. The van der Waals surface area contributed by atoms with Crippen LogP contribution in [0.5, 0.6) is 0 Å². The van der Waals surface area contributed by atoms with Gasteiger partial charge in [-0.05, 0) is 26.8 Å². The molecule has 0 unspecified atom stereocenters. The zero-order chi connectivity index (χ0) is 11.3. The van der Waals surface area contributed by atoms with E-state index in [0.29, 0.717) is 6.54 Å². The van der Waals surface area contributed by atoms with Crippen LogP contribution in [0.3, 0.4) is 0 Å². The molecule has 1 rings (SSSR count). The van der Waals surface area contributed by atoms with Crippen molar-refractivity contribution < 1.29 is 0 Å². The second kappa shape index (κ2) is 4.94. The average molecular weight is 206 g/mol. The molecule has 0 aliphatic rings. The van der Waals surface area contributed by atoms with Crippen LogP contribution in [-0.4, -0.2) is 16.1 Å². The quantitative estimate of drug-likeness (QED) is 0.790. The first kappa shape index (κ1) is 11.7. The Hall–Kier alpha value is -1.34. The fourth-order valence-electron chi connectivity index (χ4n) is 1.36. The molecule has 4 heteroatoms. The summed E-state index contributed by atoms with van der Waals surface area (Å²) in [5, 5.41) is 8.90. The van der Waals surface area contributed by atoms with Crippen LogP contribution in [0.4, 0.5) is 0 Å². The number of nitrogens with zero attached hydrogens (tertiary/aromatic N) is 3. The predicted octanol–water partition coefficient (Wildman–Crippen LogP) is 1.32. The lowest BCUT2D eigenvalue weighted by molar-refractivity contribution is 0.408. The van der Waals surface area contributed by atoms with Crippen molar-refractivity contribution in [3.8, 4) is 6.07 Å². The van der Waals surface area contributed by atoms with Crippen molar-refractivity contribution in [1.29, 1.82) is 5.26 Å². The summed E-state index contributed by atoms with van der Waals surface area (Å²) in [4.78, 5) is 4.23. The SMILES string of the molecule is CC(C)(C#N)CCn1ccnc1CCN. The number of imidazole rings is 1. The van der Waals surface area contributed by atoms with Crippen molar-refractivity contribution in [3.63, 3.8) is 0 Å². The lowest BCUT2D eigenvalue weighted by Gasteiger charge is -2.16. The molecule has 0 fully saturated rings. The zero-order valence-corrected chi connectivity index (χ0v) is 9.40. The van der Waals surface area contributed by atoms with E-state index < -0.39 is 0 Å². The zero-order valence-electron chi connectivity index (χ0n) is 9.40. The minimum absolute atomic E-state index is 0.274. The molecule has 0 amide bonds. The summed E-state index contributed by atoms with van der Waals surface area (Å²) < 4.78 is 2.08. The van der Waals surface area contributed by atoms with Gasteiger partial charge >= 0.3 is 0 Å². The van der Waals surface area contributed by atoms with E-state index in [-0.39, 0.29) is 5.41 Å². The molecule has 0 aromatic carbocycles. The number of rotatable bonds is 5. The van der Waals surface area contributed by atoms with E-state index in [1.807, 2.05) is 20.0 Å². The van der Waals surface area contributed by atoms with Crippen LogP contribution >= 0.6 is 0 Å². The van der Waals surface area contributed by atoms with Gasteiger partial charge in [0.25, 0.3) is 0 Å². The van der Waals surface area contributed by atoms with Gasteiger partial charge in [0, 0.05) is 25.4 Å². The molecular weight excluding hydrogens is 188 g/mol. The smallest absolute Gasteiger partial charge is 0.109 e. The van der Waals surface area contributed by atoms with Crippen molar-refractivity contribution >= 4 is 0 Å². The summed E-state index contributed by atoms with van der Waals surface area (Å²) in [7, 11) is 0. The number of hydrogen-bond donors (Lipinski definition) is 1. The summed E-state index contributed by atoms with van der Waals surface area (Å²) in [6, 6.07) is 2.30. The summed E-state index contributed by atoms with van der Waals surface area (Å²) >= 11 is 0. The number of aryl methyl sites for hydroxylation is 1. The lowest BCUT2D eigenvalue weighted by atomic mass is 9.91. The molecule has 1 aromatic heterocycles. The van der Waals surface area contributed by atoms with E-state index in [1.54, 1.807) is 6.20 Å². The second-order valence-corrected chi connectivity index (χ2v) is 4.32. The molecule has 0 saturated carbocycles. The van der Waals surface area contributed by atoms with Gasteiger partial charge in [-0.1, -0.05) is 0 Å². The fourth-order valence-corrected chi connectivity index (χ4v) is 1.36. The third-order valence-electron chi connectivity index (χ3n) is 2.45. The van der Waals surface area contributed by atoms with Crippen LogP contribution < -0.4 is 5.73 Å². The molecule has 0 bridgehead atoms. The van der Waals surface area contributed by atoms with Crippen molar-refractivity contribution in [2.45, 2.75) is 33.2 Å². The Balaban J connectivity index is 2.58. The second-order valence-electron chi connectivity index (χ2n) is 4.32. The van der Waals surface area contributed by atoms with Crippen LogP contribution in [0.25, 0.3) is 0 Å². The topological polar surface area (TPSA) is 67.6 Å². The molecule has 0 aliphatic heterocycles. The minimum Gasteiger partial charge on any atom is -0.335 e. The third kappa shape index (κ3) is 3.37. The first-order chi connectivity index (χ1) is 7.09. The fraction of sp³-hybridized carbons (Fsp3) is 0.636. The predicted molar refractivity (Wildman–Crippen MR) is 59.0 cm³/mol. The molecule has 1 heterocycles. The maximum Gasteiger partial charge on any atom is 0.109 e. The maximum atomic E-state index is 8.90. The Labute approximate surface area is 90.7 Å². The van der Waals surface area contributed by atoms with Crippen LogP contribution in [-0.2, 0) is 13.0 Å². The molecule has 2 N–H and O–H groups in total. The number of aromatic nitrogens is 2. The summed E-state index contributed by atoms with van der Waals surface area (Å²) in [6.07, 6.45) is 5.35. The van der Waals surface area contributed by atoms with Gasteiger partial charge < -0.3 is 10.3 Å². The highest BCUT2D eigenvalue weighted by Crippen LogP contribution is 2.19. The van der Waals surface area contributed by atoms with E-state index in [0.717, 1.165) is 25.2 Å². The van der Waals surface area contributed by atoms with Crippen LogP contribution in [0.15, 0.2) is 12.4 Å². The third-order valence-corrected chi connectivity index (χ3v) is 2.45. The van der Waals surface area contributed by atoms with E-state index in [4.69, 9.17) is 11.0 Å². The van der Waals surface area contributed by atoms with Gasteiger partial charge in [-0.3, -0.25) is 0 Å². The van der Waals surface area contributed by atoms with E-state index in [9.17, 15) is 0 Å². The van der Waals surface area contributed by atoms with Crippen LogP contribution in [0.1, 0.15) is 26.1 Å². The summed E-state index contributed by atoms with van der Waals surface area (Å²) in [5.41, 5.74) is 5.22. The molecule has 1 aromatic rings. The van der Waals surface area contributed by atoms with Crippen molar-refractivity contribution in [3.05, 3.63) is 18.2 Å². The van der Waals surface area contributed by atoms with E-state index >= 15 is 0 Å². The first-order valence-electron chi connectivity index (χ1n) is 5.20. The van der Waals surface area contributed by atoms with E-state index in [2.05, 4.69) is 15.6 Å². The number of nitrogens with two attached hydrogens (primary N) is 1. The standard InChI is InChI=1S/C11H18N4/c1-11(2,9-13)4-7-15-8-6-14-10(15)3-5-12/h6,8H,3-5,7,12H2,1-2H3. The largest absolute Gasteiger partial charge is 0.335 e. The van der Waals surface area contributed by atoms with Gasteiger partial charge in [0.15, 0.2) is 0 Å². The van der Waals surface area contributed by atoms with Crippen molar-refractivity contribution in [2.24, 2.45) is 11.1 Å². The molecule has 82 valence electrons. The lowest BCUT2D eigenvalue weighted by Crippen LogP contribution is -2.15. The Morgan fingerprint density at radius 1 is 1.60 bits per heavy atom. The molecule has 0 radical (unpaired) electrons. The monoisotopic (exact) mass is 206 g/mol. The molecule has 0 aliphatic carbocycles. The van der Waals surface area contributed by atoms with Gasteiger partial charge in [-0.2, -0.15) is 5.26 Å². The Kier molecular flexibility index (Phi) is 3.87. The number of hydrogen-bond acceptors (Lipinski definition) is 3. The van der Waals surface area contributed by atoms with Gasteiger partial charge in [0.1, 0.15) is 5.82 Å². The highest BCUT2D eigenvalue weighted by Gasteiger charge is 2.16. The van der Waals surface area contributed by atoms with Gasteiger partial charge in [-0.15, -0.1) is 0 Å². The van der Waals surface area contributed by atoms with Gasteiger partial charge in [0.2, 0.25) is 0 Å². The van der Waals surface area contributed by atoms with Crippen molar-refractivity contribution in [1.82, 2.24) is 9.55 Å². The van der Waals surface area contributed by atoms with E-state index in [1.165, 1.54) is 0 Å². The van der Waals surface area contributed by atoms with Crippen LogP contribution in [0, 0.1) is 16.7 Å². The van der Waals surface area contributed by atoms with Crippen LogP contribution in [0.2, 0.25) is 0 Å². The summed E-state index contributed by atoms with van der Waals surface area (Å²) in [6.45, 7) is 5.34. The van der Waals surface area contributed by atoms with Crippen molar-refractivity contribution in [2.75, 3.05) is 6.54 Å². The Morgan fingerprint density at radius 3 is 2.93 bits per heavy atom. The van der Waals surface area contributed by atoms with Gasteiger partial charge in [0.05, 0.1) is 11.5 Å². The molecule has 0 spiro atoms. The maximum absolute atomic E-state index is 8.90. The Morgan fingerprint density at radius 2 is 2.33 bits per heavy atom. The first-order valence-corrected chi connectivity index (χ1v) is 5.20. The normalized spacial score (nSPS) is 11.3. The molecule has 0 saturated heterocycles. The van der Waals surface area contributed by atoms with Gasteiger partial charge in [-0.25, -0.2) is 4.98 Å². The minimum atomic E-state index is -0.274. The average Bonchev–Trinajstić information content (AvgIpc) is 2.64. The molecule has 15 heavy (non-hydrogen) atoms. The molecule has 4 nitrogen and oxygen atoms in total. The summed E-state index contributed by atoms with van der Waals surface area (Å²) in [5.74, 6) is 1.01. The highest BCUT2D eigenvalue weighted by molar-refractivity contribution is 4.96. The molecule has 0 atom stereocenters.